The Kier molecular flexibility index (Phi) is 3.87. The molecule has 4 heteroatoms. The Morgan fingerprint density at radius 1 is 1.35 bits per heavy atom. The highest BCUT2D eigenvalue weighted by atomic mass is 35.5. The molecule has 1 fully saturated rings. The zero-order chi connectivity index (χ0) is 12.4. The molecule has 17 heavy (non-hydrogen) atoms. The summed E-state index contributed by atoms with van der Waals surface area (Å²) in [6.45, 7) is 8.52. The van der Waals surface area contributed by atoms with Crippen LogP contribution in [-0.4, -0.2) is 23.1 Å². The van der Waals surface area contributed by atoms with Crippen LogP contribution in [0, 0.1) is 12.8 Å². The smallest absolute Gasteiger partial charge is 0.137 e. The van der Waals surface area contributed by atoms with E-state index in [0.29, 0.717) is 5.15 Å². The standard InChI is InChI=1S/C13H20ClN3/c1-4-10-6-7-17(8-10)13-9(3)12(14)15-11(5-2)16-13/h10H,4-8H2,1-3H3. The topological polar surface area (TPSA) is 29.0 Å². The molecule has 3 nitrogen and oxygen atoms in total. The SMILES string of the molecule is CCc1nc(Cl)c(C)c(N2CCC(CC)C2)n1. The largest absolute Gasteiger partial charge is 0.356 e. The lowest BCUT2D eigenvalue weighted by Crippen LogP contribution is -2.22. The fraction of sp³-hybridized carbons (Fsp3) is 0.692. The molecule has 0 saturated carbocycles. The summed E-state index contributed by atoms with van der Waals surface area (Å²) in [6, 6.07) is 0. The van der Waals surface area contributed by atoms with Gasteiger partial charge in [0, 0.05) is 25.1 Å². The van der Waals surface area contributed by atoms with Crippen molar-refractivity contribution in [3.05, 3.63) is 16.5 Å². The van der Waals surface area contributed by atoms with Gasteiger partial charge in [0.25, 0.3) is 0 Å². The molecule has 1 aliphatic heterocycles. The van der Waals surface area contributed by atoms with Gasteiger partial charge < -0.3 is 4.90 Å². The maximum atomic E-state index is 6.17. The lowest BCUT2D eigenvalue weighted by molar-refractivity contribution is 0.568. The summed E-state index contributed by atoms with van der Waals surface area (Å²) in [5.74, 6) is 2.68. The molecular weight excluding hydrogens is 234 g/mol. The van der Waals surface area contributed by atoms with E-state index in [9.17, 15) is 0 Å². The number of rotatable bonds is 3. The van der Waals surface area contributed by atoms with Gasteiger partial charge in [-0.2, -0.15) is 0 Å². The first-order valence-electron chi connectivity index (χ1n) is 6.43. The van der Waals surface area contributed by atoms with Gasteiger partial charge in [0.05, 0.1) is 0 Å². The van der Waals surface area contributed by atoms with E-state index in [4.69, 9.17) is 11.6 Å². The molecule has 0 spiro atoms. The van der Waals surface area contributed by atoms with Crippen LogP contribution >= 0.6 is 11.6 Å². The molecule has 0 radical (unpaired) electrons. The van der Waals surface area contributed by atoms with E-state index in [0.717, 1.165) is 42.6 Å². The van der Waals surface area contributed by atoms with Crippen molar-refractivity contribution in [1.29, 1.82) is 0 Å². The Morgan fingerprint density at radius 2 is 2.12 bits per heavy atom. The summed E-state index contributed by atoms with van der Waals surface area (Å²) in [5.41, 5.74) is 1.01. The van der Waals surface area contributed by atoms with Gasteiger partial charge in [-0.1, -0.05) is 31.9 Å². The summed E-state index contributed by atoms with van der Waals surface area (Å²) in [6.07, 6.45) is 3.34. The van der Waals surface area contributed by atoms with Gasteiger partial charge in [-0.3, -0.25) is 0 Å². The Morgan fingerprint density at radius 3 is 2.71 bits per heavy atom. The number of halogens is 1. The lowest BCUT2D eigenvalue weighted by atomic mass is 10.1. The quantitative estimate of drug-likeness (QED) is 0.775. The van der Waals surface area contributed by atoms with Crippen LogP contribution in [0.3, 0.4) is 0 Å². The number of anilines is 1. The highest BCUT2D eigenvalue weighted by molar-refractivity contribution is 6.30. The van der Waals surface area contributed by atoms with E-state index in [1.54, 1.807) is 0 Å². The average molecular weight is 254 g/mol. The molecule has 0 N–H and O–H groups in total. The Balaban J connectivity index is 2.28. The van der Waals surface area contributed by atoms with Crippen LogP contribution in [0.2, 0.25) is 5.15 Å². The van der Waals surface area contributed by atoms with Crippen LogP contribution < -0.4 is 4.90 Å². The number of hydrogen-bond donors (Lipinski definition) is 0. The van der Waals surface area contributed by atoms with Gasteiger partial charge in [0.1, 0.15) is 16.8 Å². The van der Waals surface area contributed by atoms with Crippen LogP contribution in [-0.2, 0) is 6.42 Å². The number of nitrogens with zero attached hydrogens (tertiary/aromatic N) is 3. The maximum Gasteiger partial charge on any atom is 0.137 e. The molecule has 0 bridgehead atoms. The minimum Gasteiger partial charge on any atom is -0.356 e. The second-order valence-corrected chi connectivity index (χ2v) is 5.10. The molecule has 94 valence electrons. The van der Waals surface area contributed by atoms with Crippen molar-refractivity contribution in [2.24, 2.45) is 5.92 Å². The van der Waals surface area contributed by atoms with E-state index >= 15 is 0 Å². The monoisotopic (exact) mass is 253 g/mol. The highest BCUT2D eigenvalue weighted by Gasteiger charge is 2.24. The van der Waals surface area contributed by atoms with Gasteiger partial charge in [0.2, 0.25) is 0 Å². The van der Waals surface area contributed by atoms with E-state index in [2.05, 4.69) is 28.7 Å². The summed E-state index contributed by atoms with van der Waals surface area (Å²) in [4.78, 5) is 11.3. The predicted octanol–water partition coefficient (Wildman–Crippen LogP) is 3.24. The van der Waals surface area contributed by atoms with Gasteiger partial charge in [-0.25, -0.2) is 9.97 Å². The molecule has 1 atom stereocenters. The predicted molar refractivity (Wildman–Crippen MR) is 71.8 cm³/mol. The first-order chi connectivity index (χ1) is 8.15. The van der Waals surface area contributed by atoms with Crippen LogP contribution in [0.4, 0.5) is 5.82 Å². The van der Waals surface area contributed by atoms with Crippen molar-refractivity contribution >= 4 is 17.4 Å². The molecule has 0 aromatic carbocycles. The average Bonchev–Trinajstić information content (AvgIpc) is 2.81. The number of hydrogen-bond acceptors (Lipinski definition) is 3. The van der Waals surface area contributed by atoms with Gasteiger partial charge in [0.15, 0.2) is 0 Å². The Bertz CT molecular complexity index is 406. The fourth-order valence-electron chi connectivity index (χ4n) is 2.34. The Labute approximate surface area is 108 Å². The molecule has 1 aromatic heterocycles. The molecule has 1 aromatic rings. The van der Waals surface area contributed by atoms with E-state index in [1.165, 1.54) is 12.8 Å². The molecule has 1 aliphatic rings. The van der Waals surface area contributed by atoms with Crippen LogP contribution in [0.15, 0.2) is 0 Å². The first-order valence-corrected chi connectivity index (χ1v) is 6.81. The fourth-order valence-corrected chi connectivity index (χ4v) is 2.53. The second kappa shape index (κ2) is 5.21. The third-order valence-corrected chi connectivity index (χ3v) is 3.95. The second-order valence-electron chi connectivity index (χ2n) is 4.74. The van der Waals surface area contributed by atoms with Crippen molar-refractivity contribution in [2.45, 2.75) is 40.0 Å². The number of aryl methyl sites for hydroxylation is 1. The summed E-state index contributed by atoms with van der Waals surface area (Å²) in [7, 11) is 0. The van der Waals surface area contributed by atoms with Crippen molar-refractivity contribution in [3.63, 3.8) is 0 Å². The zero-order valence-electron chi connectivity index (χ0n) is 10.8. The minimum atomic E-state index is 0.604. The molecule has 0 amide bonds. The lowest BCUT2D eigenvalue weighted by Gasteiger charge is -2.20. The van der Waals surface area contributed by atoms with Crippen molar-refractivity contribution < 1.29 is 0 Å². The molecule has 2 rings (SSSR count). The summed E-state index contributed by atoms with van der Waals surface area (Å²) < 4.78 is 0. The van der Waals surface area contributed by atoms with Gasteiger partial charge in [-0.05, 0) is 19.3 Å². The van der Waals surface area contributed by atoms with E-state index in [1.807, 2.05) is 6.92 Å². The zero-order valence-corrected chi connectivity index (χ0v) is 11.6. The third kappa shape index (κ3) is 2.54. The third-order valence-electron chi connectivity index (χ3n) is 3.59. The highest BCUT2D eigenvalue weighted by Crippen LogP contribution is 2.29. The Hall–Kier alpha value is -0.830. The van der Waals surface area contributed by atoms with Crippen molar-refractivity contribution in [1.82, 2.24) is 9.97 Å². The van der Waals surface area contributed by atoms with Crippen LogP contribution in [0.1, 0.15) is 38.1 Å². The normalized spacial score (nSPS) is 20.0. The summed E-state index contributed by atoms with van der Waals surface area (Å²) >= 11 is 6.17. The van der Waals surface area contributed by atoms with E-state index < -0.39 is 0 Å². The maximum absolute atomic E-state index is 6.17. The van der Waals surface area contributed by atoms with Crippen LogP contribution in [0.5, 0.6) is 0 Å². The molecule has 2 heterocycles. The first kappa shape index (κ1) is 12.6. The van der Waals surface area contributed by atoms with Crippen LogP contribution in [0.25, 0.3) is 0 Å². The number of aromatic nitrogens is 2. The van der Waals surface area contributed by atoms with Crippen molar-refractivity contribution in [2.75, 3.05) is 18.0 Å². The minimum absolute atomic E-state index is 0.604. The molecule has 0 aliphatic carbocycles. The molecule has 1 saturated heterocycles. The van der Waals surface area contributed by atoms with E-state index in [-0.39, 0.29) is 0 Å². The van der Waals surface area contributed by atoms with Crippen molar-refractivity contribution in [3.8, 4) is 0 Å². The molecule has 1 unspecified atom stereocenters. The molecular formula is C13H20ClN3. The summed E-state index contributed by atoms with van der Waals surface area (Å²) in [5, 5.41) is 0.604. The van der Waals surface area contributed by atoms with Gasteiger partial charge in [-0.15, -0.1) is 0 Å². The van der Waals surface area contributed by atoms with Gasteiger partial charge >= 0.3 is 0 Å².